The molecule has 1 aromatic heterocycles. The SMILES string of the molecule is C=C1/C(=C\C=C2/CCC[C@]3(C)[C@@H]([C@H](C)/C=C/[C@@H](O)C4CC4)CC[C@@H]23)C[C@@H](O)C[C@@H]1O.NCCO.O=C(O)CCc1nc(-c2ccccc2)c(-c2ccccc2)o1. The van der Waals surface area contributed by atoms with Crippen molar-refractivity contribution in [1.29, 1.82) is 0 Å². The van der Waals surface area contributed by atoms with Gasteiger partial charge in [0.15, 0.2) is 11.7 Å². The van der Waals surface area contributed by atoms with Gasteiger partial charge in [0.25, 0.3) is 0 Å². The van der Waals surface area contributed by atoms with Crippen molar-refractivity contribution in [1.82, 2.24) is 4.98 Å². The highest BCUT2D eigenvalue weighted by Crippen LogP contribution is 2.59. The number of aromatic nitrogens is 1. The van der Waals surface area contributed by atoms with E-state index in [1.807, 2.05) is 60.7 Å². The maximum atomic E-state index is 10.7. The van der Waals surface area contributed by atoms with E-state index in [0.717, 1.165) is 34.4 Å². The van der Waals surface area contributed by atoms with Crippen LogP contribution in [0.4, 0.5) is 0 Å². The maximum absolute atomic E-state index is 10.7. The molecule has 4 saturated carbocycles. The van der Waals surface area contributed by atoms with Crippen molar-refractivity contribution in [2.24, 2.45) is 34.8 Å². The fourth-order valence-electron chi connectivity index (χ4n) is 8.89. The Morgan fingerprint density at radius 1 is 1.02 bits per heavy atom. The van der Waals surface area contributed by atoms with Crippen molar-refractivity contribution in [2.45, 2.75) is 103 Å². The molecule has 4 aliphatic rings. The minimum atomic E-state index is -0.860. The normalized spacial score (nSPS) is 27.2. The number of hydrogen-bond donors (Lipinski definition) is 6. The average Bonchev–Trinajstić information content (AvgIpc) is 3.87. The minimum absolute atomic E-state index is 0.00295. The van der Waals surface area contributed by atoms with Crippen molar-refractivity contribution in [3.63, 3.8) is 0 Å². The molecule has 7 N–H and O–H groups in total. The van der Waals surface area contributed by atoms with Crippen molar-refractivity contribution in [3.8, 4) is 22.6 Å². The van der Waals surface area contributed by atoms with Crippen LogP contribution >= 0.6 is 0 Å². The second kappa shape index (κ2) is 20.3. The molecular weight excluding hydrogens is 705 g/mol. The van der Waals surface area contributed by atoms with E-state index >= 15 is 0 Å². The Bertz CT molecular complexity index is 1750. The molecule has 0 amide bonds. The van der Waals surface area contributed by atoms with Crippen LogP contribution in [0.15, 0.2) is 113 Å². The van der Waals surface area contributed by atoms with Gasteiger partial charge in [-0.3, -0.25) is 4.79 Å². The van der Waals surface area contributed by atoms with E-state index in [9.17, 15) is 20.1 Å². The van der Waals surface area contributed by atoms with Gasteiger partial charge in [-0.05, 0) is 91.6 Å². The molecule has 7 rings (SSSR count). The Labute approximate surface area is 332 Å². The molecule has 56 heavy (non-hydrogen) atoms. The molecule has 0 aliphatic heterocycles. The summed E-state index contributed by atoms with van der Waals surface area (Å²) in [6.07, 6.45) is 17.2. The molecule has 2 aromatic carbocycles. The summed E-state index contributed by atoms with van der Waals surface area (Å²) < 4.78 is 5.83. The number of nitrogens with zero attached hydrogens (tertiary/aromatic N) is 1. The third-order valence-electron chi connectivity index (χ3n) is 12.1. The molecular formula is C47H62N2O7. The second-order valence-electron chi connectivity index (χ2n) is 16.2. The zero-order valence-corrected chi connectivity index (χ0v) is 33.1. The summed E-state index contributed by atoms with van der Waals surface area (Å²) >= 11 is 0. The fraction of sp³-hybridized carbons (Fsp3) is 0.489. The van der Waals surface area contributed by atoms with Gasteiger partial charge in [-0.2, -0.15) is 0 Å². The van der Waals surface area contributed by atoms with Gasteiger partial charge in [0.1, 0.15) is 5.69 Å². The summed E-state index contributed by atoms with van der Waals surface area (Å²) in [5.41, 5.74) is 11.0. The number of carboxylic acids is 1. The van der Waals surface area contributed by atoms with Gasteiger partial charge in [0, 0.05) is 30.5 Å². The predicted octanol–water partition coefficient (Wildman–Crippen LogP) is 8.05. The zero-order valence-electron chi connectivity index (χ0n) is 33.1. The van der Waals surface area contributed by atoms with Crippen LogP contribution in [0.3, 0.4) is 0 Å². The van der Waals surface area contributed by atoms with Gasteiger partial charge in [-0.25, -0.2) is 4.98 Å². The Morgan fingerprint density at radius 2 is 1.68 bits per heavy atom. The zero-order chi connectivity index (χ0) is 40.2. The highest BCUT2D eigenvalue weighted by atomic mass is 16.4. The maximum Gasteiger partial charge on any atom is 0.303 e. The average molecular weight is 767 g/mol. The van der Waals surface area contributed by atoms with E-state index in [2.05, 4.69) is 49.7 Å². The number of nitrogens with two attached hydrogens (primary N) is 1. The van der Waals surface area contributed by atoms with Crippen LogP contribution < -0.4 is 5.73 Å². The predicted molar refractivity (Wildman–Crippen MR) is 221 cm³/mol. The summed E-state index contributed by atoms with van der Waals surface area (Å²) in [5, 5.41) is 46.9. The van der Waals surface area contributed by atoms with Gasteiger partial charge in [0.2, 0.25) is 0 Å². The lowest BCUT2D eigenvalue weighted by molar-refractivity contribution is -0.137. The smallest absolute Gasteiger partial charge is 0.303 e. The molecule has 1 heterocycles. The summed E-state index contributed by atoms with van der Waals surface area (Å²) in [6.45, 7) is 9.35. The molecule has 4 aliphatic carbocycles. The minimum Gasteiger partial charge on any atom is -0.481 e. The first kappa shape index (κ1) is 43.0. The van der Waals surface area contributed by atoms with E-state index in [0.29, 0.717) is 60.1 Å². The number of oxazole rings is 1. The first-order chi connectivity index (χ1) is 26.9. The number of hydrogen-bond acceptors (Lipinski definition) is 8. The molecule has 0 saturated heterocycles. The molecule has 0 spiro atoms. The monoisotopic (exact) mass is 766 g/mol. The van der Waals surface area contributed by atoms with E-state index in [4.69, 9.17) is 20.4 Å². The van der Waals surface area contributed by atoms with Gasteiger partial charge in [0.05, 0.1) is 31.3 Å². The number of fused-ring (bicyclic) bond motifs is 1. The highest BCUT2D eigenvalue weighted by Gasteiger charge is 2.50. The molecule has 9 nitrogen and oxygen atoms in total. The van der Waals surface area contributed by atoms with E-state index in [1.54, 1.807) is 0 Å². The summed E-state index contributed by atoms with van der Waals surface area (Å²) in [5.74, 6) is 2.53. The van der Waals surface area contributed by atoms with Crippen LogP contribution in [0.25, 0.3) is 22.6 Å². The summed E-state index contributed by atoms with van der Waals surface area (Å²) in [4.78, 5) is 15.2. The van der Waals surface area contributed by atoms with Crippen molar-refractivity contribution >= 4 is 5.97 Å². The number of allylic oxidation sites excluding steroid dienone is 4. The van der Waals surface area contributed by atoms with Gasteiger partial charge in [-0.1, -0.05) is 111 Å². The number of aliphatic carboxylic acids is 1. The number of carbonyl (C=O) groups is 1. The Hall–Kier alpha value is -4.12. The largest absolute Gasteiger partial charge is 0.481 e. The van der Waals surface area contributed by atoms with Crippen LogP contribution in [0.5, 0.6) is 0 Å². The summed E-state index contributed by atoms with van der Waals surface area (Å²) in [7, 11) is 0. The number of rotatable bonds is 11. The number of aliphatic hydroxyl groups is 4. The highest BCUT2D eigenvalue weighted by molar-refractivity contribution is 5.77. The Morgan fingerprint density at radius 3 is 2.30 bits per heavy atom. The lowest BCUT2D eigenvalue weighted by Gasteiger charge is -2.44. The summed E-state index contributed by atoms with van der Waals surface area (Å²) in [6, 6.07) is 19.5. The lowest BCUT2D eigenvalue weighted by atomic mass is 9.61. The molecule has 9 heteroatoms. The molecule has 7 atom stereocenters. The van der Waals surface area contributed by atoms with Crippen LogP contribution in [0.1, 0.15) is 83.9 Å². The topological polar surface area (TPSA) is 170 Å². The van der Waals surface area contributed by atoms with Gasteiger partial charge in [-0.15, -0.1) is 0 Å². The van der Waals surface area contributed by atoms with E-state index < -0.39 is 18.2 Å². The first-order valence-corrected chi connectivity index (χ1v) is 20.4. The molecule has 0 unspecified atom stereocenters. The first-order valence-electron chi connectivity index (χ1n) is 20.4. The number of aliphatic hydroxyl groups excluding tert-OH is 4. The van der Waals surface area contributed by atoms with Crippen LogP contribution in [-0.4, -0.2) is 67.9 Å². The van der Waals surface area contributed by atoms with Crippen LogP contribution in [0, 0.1) is 29.1 Å². The van der Waals surface area contributed by atoms with Crippen molar-refractivity contribution in [3.05, 3.63) is 114 Å². The second-order valence-corrected chi connectivity index (χ2v) is 16.2. The Balaban J connectivity index is 0.000000203. The van der Waals surface area contributed by atoms with Crippen molar-refractivity contribution in [2.75, 3.05) is 13.2 Å². The van der Waals surface area contributed by atoms with Gasteiger partial charge >= 0.3 is 5.97 Å². The molecule has 4 fully saturated rings. The third-order valence-corrected chi connectivity index (χ3v) is 12.1. The fourth-order valence-corrected chi connectivity index (χ4v) is 8.89. The van der Waals surface area contributed by atoms with E-state index in [1.165, 1.54) is 44.1 Å². The molecule has 0 bridgehead atoms. The standard InChI is InChI=1S/C27H40O3.C18H15NO3.C2H7NO/c1-17(6-13-25(29)20-8-9-20)23-11-12-24-19(5-4-14-27(23,24)3)7-10-21-15-22(28)16-26(30)18(21)2;20-16(21)12-11-15-19-17(13-7-3-1-4-8-13)18(22-15)14-9-5-2-6-10-14;3-1-2-4/h6-7,10,13,17,20,22-26,28-30H,2,4-5,8-9,11-12,14-16H2,1,3H3;1-10H,11-12H2,(H,20,21);4H,1-3H2/b13-6+,19-7+,21-10-;;/t17-,22-,23-,24+,25-,26+,27-;;/m1../s1. The van der Waals surface area contributed by atoms with E-state index in [-0.39, 0.29) is 25.6 Å². The molecule has 3 aromatic rings. The van der Waals surface area contributed by atoms with Gasteiger partial charge < -0.3 is 35.7 Å². The molecule has 302 valence electrons. The van der Waals surface area contributed by atoms with Crippen LogP contribution in [0.2, 0.25) is 0 Å². The Kier molecular flexibility index (Phi) is 15.6. The van der Waals surface area contributed by atoms with Crippen LogP contribution in [-0.2, 0) is 11.2 Å². The third kappa shape index (κ3) is 11.3. The number of benzene rings is 2. The lowest BCUT2D eigenvalue weighted by Crippen LogP contribution is -2.35. The molecule has 0 radical (unpaired) electrons. The number of aryl methyl sites for hydroxylation is 1. The number of carboxylic acid groups (broad SMARTS) is 1. The quantitative estimate of drug-likeness (QED) is 0.106. The van der Waals surface area contributed by atoms with Crippen molar-refractivity contribution < 1.29 is 34.7 Å².